The highest BCUT2D eigenvalue weighted by Gasteiger charge is 2.40. The highest BCUT2D eigenvalue weighted by atomic mass is 35.5. The van der Waals surface area contributed by atoms with E-state index in [2.05, 4.69) is 9.72 Å². The zero-order valence-corrected chi connectivity index (χ0v) is 12.0. The SMILES string of the molecule is CCOC(=O)c1cnc(Cl)c(F)c1NC(=O)NC(=O)C(F)(F)F. The van der Waals surface area contributed by atoms with Crippen molar-refractivity contribution in [3.8, 4) is 0 Å². The van der Waals surface area contributed by atoms with Crippen molar-refractivity contribution in [3.63, 3.8) is 0 Å². The molecular formula is C11H8ClF4N3O4. The van der Waals surface area contributed by atoms with E-state index >= 15 is 0 Å². The summed E-state index contributed by atoms with van der Waals surface area (Å²) in [5, 5.41) is 1.75. The number of nitrogens with one attached hydrogen (secondary N) is 2. The molecule has 0 bridgehead atoms. The molecule has 2 N–H and O–H groups in total. The van der Waals surface area contributed by atoms with E-state index in [1.807, 2.05) is 0 Å². The van der Waals surface area contributed by atoms with E-state index in [-0.39, 0.29) is 6.61 Å². The molecule has 23 heavy (non-hydrogen) atoms. The van der Waals surface area contributed by atoms with Gasteiger partial charge in [-0.2, -0.15) is 13.2 Å². The molecule has 126 valence electrons. The van der Waals surface area contributed by atoms with Crippen LogP contribution in [0.2, 0.25) is 5.15 Å². The minimum absolute atomic E-state index is 0.0960. The predicted molar refractivity (Wildman–Crippen MR) is 68.4 cm³/mol. The minimum atomic E-state index is -5.32. The number of imide groups is 1. The molecular weight excluding hydrogens is 350 g/mol. The van der Waals surface area contributed by atoms with Gasteiger partial charge in [0.2, 0.25) is 0 Å². The molecule has 0 aliphatic carbocycles. The van der Waals surface area contributed by atoms with Gasteiger partial charge in [-0.05, 0) is 6.92 Å². The van der Waals surface area contributed by atoms with Crippen LogP contribution in [0, 0.1) is 5.82 Å². The Hall–Kier alpha value is -2.43. The van der Waals surface area contributed by atoms with E-state index in [0.717, 1.165) is 11.5 Å². The normalized spacial score (nSPS) is 10.9. The summed E-state index contributed by atoms with van der Waals surface area (Å²) in [5.41, 5.74) is -1.47. The number of pyridine rings is 1. The lowest BCUT2D eigenvalue weighted by Gasteiger charge is -2.12. The Morgan fingerprint density at radius 1 is 1.35 bits per heavy atom. The van der Waals surface area contributed by atoms with E-state index in [0.29, 0.717) is 0 Å². The number of anilines is 1. The summed E-state index contributed by atoms with van der Waals surface area (Å²) in [4.78, 5) is 36.9. The van der Waals surface area contributed by atoms with Crippen LogP contribution in [-0.4, -0.2) is 35.7 Å². The number of nitrogens with zero attached hydrogens (tertiary/aromatic N) is 1. The molecule has 0 unspecified atom stereocenters. The highest BCUT2D eigenvalue weighted by molar-refractivity contribution is 6.30. The van der Waals surface area contributed by atoms with Gasteiger partial charge in [0.1, 0.15) is 5.56 Å². The second-order valence-corrected chi connectivity index (χ2v) is 4.14. The first-order valence-corrected chi connectivity index (χ1v) is 6.16. The quantitative estimate of drug-likeness (QED) is 0.491. The van der Waals surface area contributed by atoms with Crippen LogP contribution in [0.1, 0.15) is 17.3 Å². The van der Waals surface area contributed by atoms with Gasteiger partial charge in [0, 0.05) is 6.20 Å². The van der Waals surface area contributed by atoms with Crippen LogP contribution in [0.4, 0.5) is 28.0 Å². The van der Waals surface area contributed by atoms with Gasteiger partial charge in [0.15, 0.2) is 11.0 Å². The van der Waals surface area contributed by atoms with Gasteiger partial charge >= 0.3 is 24.1 Å². The molecule has 0 aromatic carbocycles. The summed E-state index contributed by atoms with van der Waals surface area (Å²) in [6.45, 7) is 1.35. The lowest BCUT2D eigenvalue weighted by atomic mass is 10.2. The van der Waals surface area contributed by atoms with Gasteiger partial charge < -0.3 is 10.1 Å². The topological polar surface area (TPSA) is 97.4 Å². The Labute approximate surface area is 131 Å². The molecule has 0 spiro atoms. The van der Waals surface area contributed by atoms with Crippen molar-refractivity contribution in [3.05, 3.63) is 22.7 Å². The number of carbonyl (C=O) groups is 3. The van der Waals surface area contributed by atoms with E-state index in [9.17, 15) is 31.9 Å². The second kappa shape index (κ2) is 7.22. The second-order valence-electron chi connectivity index (χ2n) is 3.78. The maximum atomic E-state index is 13.8. The molecule has 0 aliphatic rings. The van der Waals surface area contributed by atoms with Crippen molar-refractivity contribution in [2.75, 3.05) is 11.9 Å². The van der Waals surface area contributed by atoms with Gasteiger partial charge in [-0.15, -0.1) is 0 Å². The molecule has 1 aromatic heterocycles. The third kappa shape index (κ3) is 4.77. The van der Waals surface area contributed by atoms with E-state index in [1.54, 1.807) is 5.32 Å². The molecule has 1 rings (SSSR count). The van der Waals surface area contributed by atoms with Gasteiger partial charge in [-0.1, -0.05) is 11.6 Å². The van der Waals surface area contributed by atoms with E-state index in [1.165, 1.54) is 6.92 Å². The first-order valence-electron chi connectivity index (χ1n) is 5.78. The summed E-state index contributed by atoms with van der Waals surface area (Å²) in [5.74, 6) is -5.06. The first-order chi connectivity index (χ1) is 10.6. The largest absolute Gasteiger partial charge is 0.471 e. The highest BCUT2D eigenvalue weighted by Crippen LogP contribution is 2.25. The van der Waals surface area contributed by atoms with Crippen LogP contribution in [0.3, 0.4) is 0 Å². The Kier molecular flexibility index (Phi) is 5.85. The molecule has 0 atom stereocenters. The molecule has 7 nitrogen and oxygen atoms in total. The summed E-state index contributed by atoms with van der Waals surface area (Å²) < 4.78 is 54.5. The molecule has 0 saturated carbocycles. The van der Waals surface area contributed by atoms with Crippen LogP contribution >= 0.6 is 11.6 Å². The van der Waals surface area contributed by atoms with Gasteiger partial charge in [0.25, 0.3) is 0 Å². The van der Waals surface area contributed by atoms with Crippen molar-refractivity contribution in [1.29, 1.82) is 0 Å². The van der Waals surface area contributed by atoms with Gasteiger partial charge in [0.05, 0.1) is 12.3 Å². The number of hydrogen-bond acceptors (Lipinski definition) is 5. The Morgan fingerprint density at radius 3 is 2.48 bits per heavy atom. The average Bonchev–Trinajstić information content (AvgIpc) is 2.43. The minimum Gasteiger partial charge on any atom is -0.462 e. The fourth-order valence-electron chi connectivity index (χ4n) is 1.27. The lowest BCUT2D eigenvalue weighted by molar-refractivity contribution is -0.172. The molecule has 1 aromatic rings. The summed E-state index contributed by atoms with van der Waals surface area (Å²) in [7, 11) is 0. The van der Waals surface area contributed by atoms with Crippen molar-refractivity contribution in [1.82, 2.24) is 10.3 Å². The van der Waals surface area contributed by atoms with Crippen molar-refractivity contribution >= 4 is 35.2 Å². The molecule has 0 aliphatic heterocycles. The Bertz CT molecular complexity index is 651. The van der Waals surface area contributed by atoms with Gasteiger partial charge in [-0.3, -0.25) is 10.1 Å². The Balaban J connectivity index is 3.07. The third-order valence-electron chi connectivity index (χ3n) is 2.20. The zero-order valence-electron chi connectivity index (χ0n) is 11.3. The fraction of sp³-hybridized carbons (Fsp3) is 0.273. The monoisotopic (exact) mass is 357 g/mol. The number of halogens is 5. The summed E-state index contributed by atoms with van der Waals surface area (Å²) >= 11 is 5.37. The number of urea groups is 1. The van der Waals surface area contributed by atoms with Crippen LogP contribution in [-0.2, 0) is 9.53 Å². The molecule has 3 amide bonds. The number of esters is 1. The van der Waals surface area contributed by atoms with E-state index in [4.69, 9.17) is 11.6 Å². The number of amides is 3. The fourth-order valence-corrected chi connectivity index (χ4v) is 1.41. The Morgan fingerprint density at radius 2 is 1.96 bits per heavy atom. The number of hydrogen-bond donors (Lipinski definition) is 2. The number of rotatable bonds is 3. The van der Waals surface area contributed by atoms with Gasteiger partial charge in [-0.25, -0.2) is 19.0 Å². The number of aromatic nitrogens is 1. The number of carbonyl (C=O) groups excluding carboxylic acids is 3. The van der Waals surface area contributed by atoms with Crippen molar-refractivity contribution in [2.24, 2.45) is 0 Å². The smallest absolute Gasteiger partial charge is 0.462 e. The zero-order chi connectivity index (χ0) is 17.8. The summed E-state index contributed by atoms with van der Waals surface area (Å²) in [6, 6.07) is -1.72. The molecule has 12 heteroatoms. The number of alkyl halides is 3. The van der Waals surface area contributed by atoms with Crippen LogP contribution in [0.25, 0.3) is 0 Å². The molecule has 0 saturated heterocycles. The van der Waals surface area contributed by atoms with Crippen LogP contribution in [0.15, 0.2) is 6.20 Å². The number of ether oxygens (including phenoxy) is 1. The van der Waals surface area contributed by atoms with Crippen molar-refractivity contribution < 1.29 is 36.7 Å². The summed E-state index contributed by atoms with van der Waals surface area (Å²) in [6.07, 6.45) is -4.57. The van der Waals surface area contributed by atoms with Crippen LogP contribution in [0.5, 0.6) is 0 Å². The molecule has 0 radical (unpaired) electrons. The maximum Gasteiger partial charge on any atom is 0.471 e. The third-order valence-corrected chi connectivity index (χ3v) is 2.46. The first kappa shape index (κ1) is 18.6. The maximum absolute atomic E-state index is 13.8. The van der Waals surface area contributed by atoms with E-state index < -0.39 is 46.3 Å². The van der Waals surface area contributed by atoms with Crippen LogP contribution < -0.4 is 10.6 Å². The molecule has 1 heterocycles. The lowest BCUT2D eigenvalue weighted by Crippen LogP contribution is -2.43. The molecule has 0 fully saturated rings. The van der Waals surface area contributed by atoms with Crippen molar-refractivity contribution in [2.45, 2.75) is 13.1 Å². The standard InChI is InChI=1S/C11H8ClF4N3O4/c1-2-23-8(20)4-3-17-7(12)5(13)6(4)18-10(22)19-9(21)11(14,15)16/h3H,2H2,1H3,(H2,17,18,19,21,22). The average molecular weight is 358 g/mol. The predicted octanol–water partition coefficient (Wildman–Crippen LogP) is 2.26.